The molecule has 2 N–H and O–H groups in total. The lowest BCUT2D eigenvalue weighted by Crippen LogP contribution is -2.41. The standard InChI is InChI=1S/C20H23N3O6/c1-20(2,3)13-8-6-12(7-9-13)18(24)21-22-19(25)14-10-16(28-4)17(29-5)11-15(14)23(26)27/h6-11H,1-5H3,(H,21,24)(H,22,25). The molecule has 9 heteroatoms. The van der Waals surface area contributed by atoms with Crippen molar-refractivity contribution in [2.75, 3.05) is 14.2 Å². The zero-order valence-electron chi connectivity index (χ0n) is 16.9. The van der Waals surface area contributed by atoms with E-state index < -0.39 is 22.4 Å². The number of nitrogens with zero attached hydrogens (tertiary/aromatic N) is 1. The summed E-state index contributed by atoms with van der Waals surface area (Å²) in [4.78, 5) is 35.3. The van der Waals surface area contributed by atoms with Gasteiger partial charge in [0.15, 0.2) is 11.5 Å². The molecule has 0 fully saturated rings. The Kier molecular flexibility index (Phi) is 6.42. The van der Waals surface area contributed by atoms with Crippen molar-refractivity contribution >= 4 is 17.5 Å². The van der Waals surface area contributed by atoms with Gasteiger partial charge in [0, 0.05) is 11.6 Å². The molecule has 0 radical (unpaired) electrons. The summed E-state index contributed by atoms with van der Waals surface area (Å²) < 4.78 is 10.1. The van der Waals surface area contributed by atoms with Crippen molar-refractivity contribution in [3.05, 3.63) is 63.2 Å². The SMILES string of the molecule is COc1cc(C(=O)NNC(=O)c2ccc(C(C)(C)C)cc2)c([N+](=O)[O-])cc1OC. The number of ether oxygens (including phenoxy) is 2. The molecular formula is C20H23N3O6. The maximum Gasteiger partial charge on any atom is 0.286 e. The van der Waals surface area contributed by atoms with E-state index in [-0.39, 0.29) is 22.5 Å². The summed E-state index contributed by atoms with van der Waals surface area (Å²) in [6, 6.07) is 9.20. The Morgan fingerprint density at radius 1 is 0.931 bits per heavy atom. The van der Waals surface area contributed by atoms with Gasteiger partial charge in [-0.15, -0.1) is 0 Å². The highest BCUT2D eigenvalue weighted by molar-refractivity contribution is 6.01. The molecule has 2 aromatic rings. The molecule has 0 aliphatic carbocycles. The van der Waals surface area contributed by atoms with Crippen molar-refractivity contribution in [3.8, 4) is 11.5 Å². The number of carbonyl (C=O) groups is 2. The molecule has 0 aromatic heterocycles. The molecule has 2 amide bonds. The van der Waals surface area contributed by atoms with Crippen molar-refractivity contribution < 1.29 is 24.0 Å². The molecular weight excluding hydrogens is 378 g/mol. The van der Waals surface area contributed by atoms with Crippen LogP contribution in [0.3, 0.4) is 0 Å². The minimum Gasteiger partial charge on any atom is -0.493 e. The number of methoxy groups -OCH3 is 2. The number of amides is 2. The van der Waals surface area contributed by atoms with Crippen LogP contribution in [-0.4, -0.2) is 31.0 Å². The van der Waals surface area contributed by atoms with Crippen LogP contribution in [0.1, 0.15) is 47.1 Å². The molecule has 2 rings (SSSR count). The van der Waals surface area contributed by atoms with Gasteiger partial charge < -0.3 is 9.47 Å². The van der Waals surface area contributed by atoms with Crippen molar-refractivity contribution in [3.63, 3.8) is 0 Å². The fourth-order valence-corrected chi connectivity index (χ4v) is 2.58. The van der Waals surface area contributed by atoms with Crippen LogP contribution < -0.4 is 20.3 Å². The van der Waals surface area contributed by atoms with E-state index in [9.17, 15) is 19.7 Å². The zero-order chi connectivity index (χ0) is 21.8. The van der Waals surface area contributed by atoms with Gasteiger partial charge in [-0.25, -0.2) is 0 Å². The third-order valence-corrected chi connectivity index (χ3v) is 4.25. The van der Waals surface area contributed by atoms with Crippen molar-refractivity contribution in [1.82, 2.24) is 10.9 Å². The van der Waals surface area contributed by atoms with Gasteiger partial charge in [-0.1, -0.05) is 32.9 Å². The monoisotopic (exact) mass is 401 g/mol. The number of nitro benzene ring substituents is 1. The molecule has 2 aromatic carbocycles. The third-order valence-electron chi connectivity index (χ3n) is 4.25. The summed E-state index contributed by atoms with van der Waals surface area (Å²) in [5.74, 6) is -1.16. The van der Waals surface area contributed by atoms with E-state index in [0.29, 0.717) is 5.56 Å². The van der Waals surface area contributed by atoms with Gasteiger partial charge in [-0.3, -0.25) is 30.6 Å². The molecule has 0 spiro atoms. The summed E-state index contributed by atoms with van der Waals surface area (Å²) >= 11 is 0. The summed E-state index contributed by atoms with van der Waals surface area (Å²) in [6.07, 6.45) is 0. The normalized spacial score (nSPS) is 10.8. The van der Waals surface area contributed by atoms with Crippen LogP contribution in [0.2, 0.25) is 0 Å². The topological polar surface area (TPSA) is 120 Å². The number of nitrogens with one attached hydrogen (secondary N) is 2. The fraction of sp³-hybridized carbons (Fsp3) is 0.300. The predicted octanol–water partition coefficient (Wildman–Crippen LogP) is 2.98. The maximum absolute atomic E-state index is 12.4. The van der Waals surface area contributed by atoms with Gasteiger partial charge in [0.05, 0.1) is 25.2 Å². The molecule has 0 saturated carbocycles. The van der Waals surface area contributed by atoms with Crippen molar-refractivity contribution in [2.24, 2.45) is 0 Å². The summed E-state index contributed by atoms with van der Waals surface area (Å²) in [7, 11) is 2.67. The number of nitro groups is 1. The van der Waals surface area contributed by atoms with E-state index in [4.69, 9.17) is 9.47 Å². The van der Waals surface area contributed by atoms with Crippen LogP contribution in [0.5, 0.6) is 11.5 Å². The van der Waals surface area contributed by atoms with Crippen molar-refractivity contribution in [2.45, 2.75) is 26.2 Å². The minimum atomic E-state index is -0.864. The van der Waals surface area contributed by atoms with Crippen LogP contribution in [-0.2, 0) is 5.41 Å². The van der Waals surface area contributed by atoms with E-state index in [1.54, 1.807) is 12.1 Å². The highest BCUT2D eigenvalue weighted by atomic mass is 16.6. The second-order valence-corrected chi connectivity index (χ2v) is 7.22. The Bertz CT molecular complexity index is 932. The summed E-state index contributed by atoms with van der Waals surface area (Å²) in [5.41, 5.74) is 5.01. The average molecular weight is 401 g/mol. The Morgan fingerprint density at radius 2 is 1.45 bits per heavy atom. The Morgan fingerprint density at radius 3 is 1.93 bits per heavy atom. The number of hydrazine groups is 1. The molecule has 0 atom stereocenters. The Hall–Kier alpha value is -3.62. The molecule has 0 aliphatic rings. The quantitative estimate of drug-likeness (QED) is 0.587. The number of benzene rings is 2. The first-order valence-electron chi connectivity index (χ1n) is 8.70. The zero-order valence-corrected chi connectivity index (χ0v) is 16.9. The fourth-order valence-electron chi connectivity index (χ4n) is 2.58. The number of hydrogen-bond donors (Lipinski definition) is 2. The van der Waals surface area contributed by atoms with Gasteiger partial charge in [-0.2, -0.15) is 0 Å². The highest BCUT2D eigenvalue weighted by Crippen LogP contribution is 2.34. The van der Waals surface area contributed by atoms with Gasteiger partial charge in [-0.05, 0) is 23.1 Å². The number of hydrogen-bond acceptors (Lipinski definition) is 6. The minimum absolute atomic E-state index is 0.0599. The van der Waals surface area contributed by atoms with Crippen LogP contribution in [0.15, 0.2) is 36.4 Å². The smallest absolute Gasteiger partial charge is 0.286 e. The largest absolute Gasteiger partial charge is 0.493 e. The molecule has 0 heterocycles. The Labute approximate surface area is 168 Å². The lowest BCUT2D eigenvalue weighted by molar-refractivity contribution is -0.385. The lowest BCUT2D eigenvalue weighted by atomic mass is 9.87. The summed E-state index contributed by atoms with van der Waals surface area (Å²) in [5, 5.41) is 11.3. The van der Waals surface area contributed by atoms with Crippen LogP contribution in [0.4, 0.5) is 5.69 Å². The molecule has 154 valence electrons. The predicted molar refractivity (Wildman–Crippen MR) is 106 cm³/mol. The van der Waals surface area contributed by atoms with E-state index >= 15 is 0 Å². The molecule has 9 nitrogen and oxygen atoms in total. The van der Waals surface area contributed by atoms with Crippen molar-refractivity contribution in [1.29, 1.82) is 0 Å². The van der Waals surface area contributed by atoms with Crippen LogP contribution in [0.25, 0.3) is 0 Å². The number of rotatable bonds is 5. The van der Waals surface area contributed by atoms with Crippen LogP contribution >= 0.6 is 0 Å². The lowest BCUT2D eigenvalue weighted by Gasteiger charge is -2.19. The van der Waals surface area contributed by atoms with Gasteiger partial charge >= 0.3 is 0 Å². The van der Waals surface area contributed by atoms with E-state index in [1.165, 1.54) is 20.3 Å². The van der Waals surface area contributed by atoms with E-state index in [2.05, 4.69) is 31.6 Å². The Balaban J connectivity index is 2.18. The first-order valence-corrected chi connectivity index (χ1v) is 8.70. The molecule has 0 bridgehead atoms. The second kappa shape index (κ2) is 8.59. The average Bonchev–Trinajstić information content (AvgIpc) is 2.69. The summed E-state index contributed by atoms with van der Waals surface area (Å²) in [6.45, 7) is 6.16. The molecule has 0 aliphatic heterocycles. The number of carbonyl (C=O) groups excluding carboxylic acids is 2. The van der Waals surface area contributed by atoms with E-state index in [0.717, 1.165) is 11.6 Å². The third kappa shape index (κ3) is 5.01. The molecule has 29 heavy (non-hydrogen) atoms. The van der Waals surface area contributed by atoms with Gasteiger partial charge in [0.25, 0.3) is 17.5 Å². The van der Waals surface area contributed by atoms with Crippen LogP contribution in [0, 0.1) is 10.1 Å². The van der Waals surface area contributed by atoms with Gasteiger partial charge in [0.2, 0.25) is 0 Å². The highest BCUT2D eigenvalue weighted by Gasteiger charge is 2.25. The first kappa shape index (κ1) is 21.7. The van der Waals surface area contributed by atoms with Gasteiger partial charge in [0.1, 0.15) is 5.56 Å². The first-order chi connectivity index (χ1) is 13.6. The molecule has 0 unspecified atom stereocenters. The van der Waals surface area contributed by atoms with E-state index in [1.807, 2.05) is 12.1 Å². The molecule has 0 saturated heterocycles. The maximum atomic E-state index is 12.4. The second-order valence-electron chi connectivity index (χ2n) is 7.22.